The molecule has 1 heterocycles. The summed E-state index contributed by atoms with van der Waals surface area (Å²) in [5.74, 6) is 0. The van der Waals surface area contributed by atoms with Gasteiger partial charge >= 0.3 is 6.03 Å². The predicted molar refractivity (Wildman–Crippen MR) is 74.0 cm³/mol. The number of anilines is 1. The van der Waals surface area contributed by atoms with Crippen molar-refractivity contribution < 1.29 is 4.79 Å². The number of likely N-dealkylation sites (tertiary alicyclic amines) is 1. The lowest BCUT2D eigenvalue weighted by Crippen LogP contribution is -2.60. The third-order valence-corrected chi connectivity index (χ3v) is 3.59. The summed E-state index contributed by atoms with van der Waals surface area (Å²) in [7, 11) is 4.09. The van der Waals surface area contributed by atoms with Crippen molar-refractivity contribution in [3.8, 4) is 0 Å². The Morgan fingerprint density at radius 3 is 2.33 bits per heavy atom. The molecule has 4 heteroatoms. The molecule has 1 aromatic carbocycles. The number of carbonyl (C=O) groups excluding carboxylic acids is 1. The van der Waals surface area contributed by atoms with Crippen molar-refractivity contribution in [2.24, 2.45) is 0 Å². The van der Waals surface area contributed by atoms with Crippen LogP contribution in [0.25, 0.3) is 0 Å². The molecular formula is C14H21N3O. The van der Waals surface area contributed by atoms with Crippen molar-refractivity contribution in [2.45, 2.75) is 19.9 Å². The van der Waals surface area contributed by atoms with E-state index in [-0.39, 0.29) is 6.03 Å². The second kappa shape index (κ2) is 4.98. The van der Waals surface area contributed by atoms with E-state index in [0.29, 0.717) is 6.04 Å². The minimum atomic E-state index is 0.00509. The van der Waals surface area contributed by atoms with Gasteiger partial charge in [0.15, 0.2) is 0 Å². The molecule has 1 N–H and O–H groups in total. The summed E-state index contributed by atoms with van der Waals surface area (Å²) < 4.78 is 0. The molecular weight excluding hydrogens is 226 g/mol. The average Bonchev–Trinajstić information content (AvgIpc) is 2.21. The maximum atomic E-state index is 12.1. The van der Waals surface area contributed by atoms with Gasteiger partial charge in [0, 0.05) is 24.8 Å². The van der Waals surface area contributed by atoms with E-state index in [4.69, 9.17) is 0 Å². The zero-order valence-electron chi connectivity index (χ0n) is 11.5. The summed E-state index contributed by atoms with van der Waals surface area (Å²) in [6, 6.07) is 6.54. The van der Waals surface area contributed by atoms with Gasteiger partial charge in [0.1, 0.15) is 0 Å². The fourth-order valence-corrected chi connectivity index (χ4v) is 2.15. The Balaban J connectivity index is 1.97. The highest BCUT2D eigenvalue weighted by molar-refractivity contribution is 5.91. The molecule has 0 bridgehead atoms. The van der Waals surface area contributed by atoms with E-state index in [1.165, 1.54) is 0 Å². The molecule has 0 unspecified atom stereocenters. The number of nitrogens with one attached hydrogen (secondary N) is 1. The van der Waals surface area contributed by atoms with Gasteiger partial charge in [-0.05, 0) is 39.1 Å². The Kier molecular flexibility index (Phi) is 3.57. The van der Waals surface area contributed by atoms with Gasteiger partial charge in [0.25, 0.3) is 0 Å². The third-order valence-electron chi connectivity index (χ3n) is 3.59. The van der Waals surface area contributed by atoms with Crippen LogP contribution < -0.4 is 5.32 Å². The number of aryl methyl sites for hydroxylation is 2. The Morgan fingerprint density at radius 1 is 1.28 bits per heavy atom. The number of amides is 2. The Bertz CT molecular complexity index is 430. The highest BCUT2D eigenvalue weighted by Gasteiger charge is 2.32. The number of likely N-dealkylation sites (N-methyl/N-ethyl adjacent to an activating group) is 1. The number of rotatable bonds is 2. The third kappa shape index (κ3) is 2.48. The molecule has 0 saturated carbocycles. The van der Waals surface area contributed by atoms with E-state index in [9.17, 15) is 4.79 Å². The van der Waals surface area contributed by atoms with Crippen LogP contribution in [0.4, 0.5) is 10.5 Å². The molecule has 1 aromatic rings. The van der Waals surface area contributed by atoms with Crippen molar-refractivity contribution in [3.05, 3.63) is 29.3 Å². The van der Waals surface area contributed by atoms with Crippen LogP contribution in [-0.4, -0.2) is 49.1 Å². The number of urea groups is 1. The lowest BCUT2D eigenvalue weighted by atomic mass is 10.1. The van der Waals surface area contributed by atoms with Crippen molar-refractivity contribution in [2.75, 3.05) is 32.5 Å². The lowest BCUT2D eigenvalue weighted by Gasteiger charge is -2.42. The fraction of sp³-hybridized carbons (Fsp3) is 0.500. The fourth-order valence-electron chi connectivity index (χ4n) is 2.15. The zero-order valence-corrected chi connectivity index (χ0v) is 11.5. The molecule has 1 saturated heterocycles. The first-order chi connectivity index (χ1) is 8.49. The molecule has 1 aliphatic heterocycles. The first-order valence-corrected chi connectivity index (χ1v) is 6.27. The molecule has 1 aliphatic rings. The molecule has 0 aromatic heterocycles. The molecule has 2 amide bonds. The molecule has 0 radical (unpaired) electrons. The first-order valence-electron chi connectivity index (χ1n) is 6.27. The standard InChI is InChI=1S/C14H21N3O/c1-10-6-5-7-11(2)13(10)15-14(18)17-8-12(9-17)16(3)4/h5-7,12H,8-9H2,1-4H3,(H,15,18). The SMILES string of the molecule is Cc1cccc(C)c1NC(=O)N1CC(N(C)C)C1. The summed E-state index contributed by atoms with van der Waals surface area (Å²) in [6.07, 6.45) is 0. The Morgan fingerprint density at radius 2 is 1.83 bits per heavy atom. The number of para-hydroxylation sites is 1. The summed E-state index contributed by atoms with van der Waals surface area (Å²) in [5, 5.41) is 3.01. The first kappa shape index (κ1) is 12.9. The quantitative estimate of drug-likeness (QED) is 0.868. The van der Waals surface area contributed by atoms with Gasteiger partial charge in [-0.3, -0.25) is 0 Å². The van der Waals surface area contributed by atoms with E-state index in [0.717, 1.165) is 29.9 Å². The number of hydrogen-bond acceptors (Lipinski definition) is 2. The topological polar surface area (TPSA) is 35.6 Å². The Hall–Kier alpha value is -1.55. The van der Waals surface area contributed by atoms with E-state index < -0.39 is 0 Å². The largest absolute Gasteiger partial charge is 0.321 e. The van der Waals surface area contributed by atoms with Crippen molar-refractivity contribution in [3.63, 3.8) is 0 Å². The normalized spacial score (nSPS) is 15.7. The van der Waals surface area contributed by atoms with Crippen LogP contribution in [0.3, 0.4) is 0 Å². The number of hydrogen-bond donors (Lipinski definition) is 1. The number of benzene rings is 1. The van der Waals surface area contributed by atoms with Crippen molar-refractivity contribution in [1.29, 1.82) is 0 Å². The minimum Gasteiger partial charge on any atom is -0.321 e. The Labute approximate surface area is 109 Å². The van der Waals surface area contributed by atoms with Gasteiger partial charge in [0.05, 0.1) is 0 Å². The van der Waals surface area contributed by atoms with Crippen molar-refractivity contribution >= 4 is 11.7 Å². The number of carbonyl (C=O) groups is 1. The van der Waals surface area contributed by atoms with Crippen LogP contribution in [0.15, 0.2) is 18.2 Å². The average molecular weight is 247 g/mol. The number of nitrogens with zero attached hydrogens (tertiary/aromatic N) is 2. The van der Waals surface area contributed by atoms with Crippen LogP contribution in [-0.2, 0) is 0 Å². The van der Waals surface area contributed by atoms with E-state index in [1.807, 2.05) is 51.0 Å². The minimum absolute atomic E-state index is 0.00509. The molecule has 2 rings (SSSR count). The van der Waals surface area contributed by atoms with Crippen LogP contribution in [0, 0.1) is 13.8 Å². The maximum Gasteiger partial charge on any atom is 0.321 e. The van der Waals surface area contributed by atoms with Crippen molar-refractivity contribution in [1.82, 2.24) is 9.80 Å². The summed E-state index contributed by atoms with van der Waals surface area (Å²) in [5.41, 5.74) is 3.15. The molecule has 18 heavy (non-hydrogen) atoms. The summed E-state index contributed by atoms with van der Waals surface area (Å²) in [4.78, 5) is 16.1. The molecule has 4 nitrogen and oxygen atoms in total. The van der Waals surface area contributed by atoms with E-state index >= 15 is 0 Å². The molecule has 98 valence electrons. The molecule has 0 atom stereocenters. The lowest BCUT2D eigenvalue weighted by molar-refractivity contribution is 0.0942. The zero-order chi connectivity index (χ0) is 13.3. The van der Waals surface area contributed by atoms with Gasteiger partial charge in [-0.2, -0.15) is 0 Å². The van der Waals surface area contributed by atoms with E-state index in [1.54, 1.807) is 0 Å². The second-order valence-corrected chi connectivity index (χ2v) is 5.22. The summed E-state index contributed by atoms with van der Waals surface area (Å²) >= 11 is 0. The molecule has 0 spiro atoms. The van der Waals surface area contributed by atoms with Gasteiger partial charge < -0.3 is 15.1 Å². The van der Waals surface area contributed by atoms with Gasteiger partial charge in [-0.25, -0.2) is 4.79 Å². The van der Waals surface area contributed by atoms with Crippen LogP contribution in [0.1, 0.15) is 11.1 Å². The van der Waals surface area contributed by atoms with Gasteiger partial charge in [-0.1, -0.05) is 18.2 Å². The van der Waals surface area contributed by atoms with Gasteiger partial charge in [0.2, 0.25) is 0 Å². The monoisotopic (exact) mass is 247 g/mol. The maximum absolute atomic E-state index is 12.1. The summed E-state index contributed by atoms with van der Waals surface area (Å²) in [6.45, 7) is 5.65. The highest BCUT2D eigenvalue weighted by atomic mass is 16.2. The molecule has 1 fully saturated rings. The molecule has 0 aliphatic carbocycles. The highest BCUT2D eigenvalue weighted by Crippen LogP contribution is 2.21. The van der Waals surface area contributed by atoms with Crippen LogP contribution in [0.5, 0.6) is 0 Å². The smallest absolute Gasteiger partial charge is 0.321 e. The van der Waals surface area contributed by atoms with Gasteiger partial charge in [-0.15, -0.1) is 0 Å². The van der Waals surface area contributed by atoms with Crippen LogP contribution >= 0.6 is 0 Å². The predicted octanol–water partition coefficient (Wildman–Crippen LogP) is 2.08. The van der Waals surface area contributed by atoms with E-state index in [2.05, 4.69) is 10.2 Å². The second-order valence-electron chi connectivity index (χ2n) is 5.22. The van der Waals surface area contributed by atoms with Crippen LogP contribution in [0.2, 0.25) is 0 Å².